The summed E-state index contributed by atoms with van der Waals surface area (Å²) in [4.78, 5) is 7.15. The number of anilines is 1. The standard InChI is InChI=1S/C21H32N4O2.HI/c1-3-22-21(23-12-8-17-10-14-27-15-11-17)24-18-9-13-25(16-18)19-6-4-5-7-20(19)26-2;/h4-7,10,18H,3,8-9,11-16H2,1-2H3,(H2,22,23,24);1H. The fourth-order valence-electron chi connectivity index (χ4n) is 3.61. The lowest BCUT2D eigenvalue weighted by Crippen LogP contribution is -2.44. The quantitative estimate of drug-likeness (QED) is 0.261. The molecule has 2 N–H and O–H groups in total. The largest absolute Gasteiger partial charge is 0.495 e. The average Bonchev–Trinajstić information content (AvgIpc) is 3.17. The van der Waals surface area contributed by atoms with E-state index in [0.29, 0.717) is 6.04 Å². The first-order chi connectivity index (χ1) is 13.3. The van der Waals surface area contributed by atoms with Crippen LogP contribution in [0.4, 0.5) is 5.69 Å². The van der Waals surface area contributed by atoms with Crippen molar-refractivity contribution in [1.29, 1.82) is 0 Å². The molecule has 0 bridgehead atoms. The summed E-state index contributed by atoms with van der Waals surface area (Å²) >= 11 is 0. The second kappa shape index (κ2) is 12.2. The molecule has 7 heteroatoms. The van der Waals surface area contributed by atoms with Crippen molar-refractivity contribution in [3.05, 3.63) is 35.9 Å². The summed E-state index contributed by atoms with van der Waals surface area (Å²) in [7, 11) is 1.73. The minimum absolute atomic E-state index is 0. The van der Waals surface area contributed by atoms with Gasteiger partial charge in [0.15, 0.2) is 5.96 Å². The van der Waals surface area contributed by atoms with E-state index in [-0.39, 0.29) is 24.0 Å². The summed E-state index contributed by atoms with van der Waals surface area (Å²) in [6, 6.07) is 8.61. The summed E-state index contributed by atoms with van der Waals surface area (Å²) in [6.07, 6.45) is 5.33. The van der Waals surface area contributed by atoms with E-state index in [0.717, 1.165) is 76.1 Å². The molecule has 1 aromatic rings. The number of rotatable bonds is 7. The zero-order valence-corrected chi connectivity index (χ0v) is 19.3. The fourth-order valence-corrected chi connectivity index (χ4v) is 3.61. The highest BCUT2D eigenvalue weighted by Gasteiger charge is 2.25. The van der Waals surface area contributed by atoms with Crippen molar-refractivity contribution in [2.45, 2.75) is 32.2 Å². The van der Waals surface area contributed by atoms with Gasteiger partial charge in [-0.3, -0.25) is 4.99 Å². The van der Waals surface area contributed by atoms with Crippen molar-refractivity contribution in [3.8, 4) is 5.75 Å². The Morgan fingerprint density at radius 2 is 2.21 bits per heavy atom. The van der Waals surface area contributed by atoms with Crippen LogP contribution in [-0.2, 0) is 4.74 Å². The van der Waals surface area contributed by atoms with Crippen LogP contribution in [0.5, 0.6) is 5.75 Å². The van der Waals surface area contributed by atoms with Gasteiger partial charge in [-0.1, -0.05) is 23.8 Å². The molecule has 156 valence electrons. The first-order valence-electron chi connectivity index (χ1n) is 9.98. The highest BCUT2D eigenvalue weighted by molar-refractivity contribution is 14.0. The van der Waals surface area contributed by atoms with Gasteiger partial charge in [0.1, 0.15) is 5.75 Å². The van der Waals surface area contributed by atoms with E-state index >= 15 is 0 Å². The van der Waals surface area contributed by atoms with E-state index in [1.54, 1.807) is 7.11 Å². The number of methoxy groups -OCH3 is 1. The molecule has 0 aromatic heterocycles. The number of aliphatic imine (C=N–C) groups is 1. The van der Waals surface area contributed by atoms with Crippen LogP contribution in [0.25, 0.3) is 0 Å². The summed E-state index contributed by atoms with van der Waals surface area (Å²) in [6.45, 7) is 7.34. The van der Waals surface area contributed by atoms with Gasteiger partial charge in [0.2, 0.25) is 0 Å². The zero-order valence-electron chi connectivity index (χ0n) is 16.9. The van der Waals surface area contributed by atoms with Crippen molar-refractivity contribution in [2.75, 3.05) is 51.4 Å². The van der Waals surface area contributed by atoms with Gasteiger partial charge >= 0.3 is 0 Å². The number of nitrogens with zero attached hydrogens (tertiary/aromatic N) is 2. The molecular formula is C21H33IN4O2. The second-order valence-electron chi connectivity index (χ2n) is 6.95. The average molecular weight is 500 g/mol. The van der Waals surface area contributed by atoms with Crippen LogP contribution in [0.15, 0.2) is 40.9 Å². The van der Waals surface area contributed by atoms with Gasteiger partial charge in [0.25, 0.3) is 0 Å². The number of hydrogen-bond donors (Lipinski definition) is 2. The monoisotopic (exact) mass is 500 g/mol. The molecular weight excluding hydrogens is 467 g/mol. The zero-order chi connectivity index (χ0) is 18.9. The van der Waals surface area contributed by atoms with Crippen LogP contribution in [0.3, 0.4) is 0 Å². The number of guanidine groups is 1. The lowest BCUT2D eigenvalue weighted by Gasteiger charge is -2.22. The summed E-state index contributed by atoms with van der Waals surface area (Å²) in [5.41, 5.74) is 2.63. The molecule has 0 radical (unpaired) electrons. The molecule has 2 heterocycles. The summed E-state index contributed by atoms with van der Waals surface area (Å²) in [5, 5.41) is 6.98. The van der Waals surface area contributed by atoms with Crippen LogP contribution in [-0.4, -0.2) is 58.5 Å². The predicted molar refractivity (Wildman–Crippen MR) is 126 cm³/mol. The minimum Gasteiger partial charge on any atom is -0.495 e. The third kappa shape index (κ3) is 6.55. The Hall–Kier alpha value is -1.48. The van der Waals surface area contributed by atoms with Gasteiger partial charge < -0.3 is 25.0 Å². The molecule has 0 amide bonds. The third-order valence-corrected chi connectivity index (χ3v) is 5.06. The van der Waals surface area contributed by atoms with E-state index in [1.165, 1.54) is 5.57 Å². The Bertz CT molecular complexity index is 666. The number of para-hydroxylation sites is 2. The van der Waals surface area contributed by atoms with E-state index in [4.69, 9.17) is 14.5 Å². The molecule has 0 aliphatic carbocycles. The molecule has 2 aliphatic rings. The summed E-state index contributed by atoms with van der Waals surface area (Å²) in [5.74, 6) is 1.85. The van der Waals surface area contributed by atoms with E-state index in [1.807, 2.05) is 12.1 Å². The maximum atomic E-state index is 5.51. The maximum absolute atomic E-state index is 5.51. The Morgan fingerprint density at radius 3 is 2.96 bits per heavy atom. The van der Waals surface area contributed by atoms with Crippen LogP contribution >= 0.6 is 24.0 Å². The molecule has 6 nitrogen and oxygen atoms in total. The molecule has 1 atom stereocenters. The Balaban J connectivity index is 0.00000280. The molecule has 0 saturated carbocycles. The topological polar surface area (TPSA) is 58.1 Å². The molecule has 3 rings (SSSR count). The van der Waals surface area contributed by atoms with Gasteiger partial charge in [0.05, 0.1) is 26.0 Å². The predicted octanol–water partition coefficient (Wildman–Crippen LogP) is 3.18. The minimum atomic E-state index is 0. The van der Waals surface area contributed by atoms with Gasteiger partial charge in [0, 0.05) is 32.2 Å². The number of nitrogens with one attached hydrogen (secondary N) is 2. The lowest BCUT2D eigenvalue weighted by atomic mass is 10.1. The molecule has 1 unspecified atom stereocenters. The number of hydrogen-bond acceptors (Lipinski definition) is 4. The van der Waals surface area contributed by atoms with Crippen molar-refractivity contribution in [3.63, 3.8) is 0 Å². The number of ether oxygens (including phenoxy) is 2. The normalized spacial score (nSPS) is 19.6. The molecule has 2 aliphatic heterocycles. The van der Waals surface area contributed by atoms with Crippen molar-refractivity contribution in [1.82, 2.24) is 10.6 Å². The van der Waals surface area contributed by atoms with Crippen LogP contribution in [0, 0.1) is 0 Å². The molecule has 1 aromatic carbocycles. The van der Waals surface area contributed by atoms with Crippen molar-refractivity contribution < 1.29 is 9.47 Å². The summed E-state index contributed by atoms with van der Waals surface area (Å²) < 4.78 is 10.9. The Kier molecular flexibility index (Phi) is 9.91. The van der Waals surface area contributed by atoms with Crippen LogP contribution < -0.4 is 20.3 Å². The van der Waals surface area contributed by atoms with Gasteiger partial charge in [-0.05, 0) is 38.3 Å². The van der Waals surface area contributed by atoms with Crippen molar-refractivity contribution in [2.24, 2.45) is 4.99 Å². The smallest absolute Gasteiger partial charge is 0.191 e. The Labute approximate surface area is 185 Å². The van der Waals surface area contributed by atoms with Gasteiger partial charge in [-0.15, -0.1) is 24.0 Å². The van der Waals surface area contributed by atoms with E-state index in [9.17, 15) is 0 Å². The third-order valence-electron chi connectivity index (χ3n) is 5.06. The van der Waals surface area contributed by atoms with Gasteiger partial charge in [-0.2, -0.15) is 0 Å². The van der Waals surface area contributed by atoms with Crippen LogP contribution in [0.2, 0.25) is 0 Å². The fraction of sp³-hybridized carbons (Fsp3) is 0.571. The Morgan fingerprint density at radius 1 is 1.36 bits per heavy atom. The molecule has 1 saturated heterocycles. The van der Waals surface area contributed by atoms with Gasteiger partial charge in [-0.25, -0.2) is 0 Å². The van der Waals surface area contributed by atoms with Crippen LogP contribution in [0.1, 0.15) is 26.2 Å². The molecule has 28 heavy (non-hydrogen) atoms. The molecule has 0 spiro atoms. The van der Waals surface area contributed by atoms with E-state index in [2.05, 4.69) is 40.7 Å². The van der Waals surface area contributed by atoms with Crippen molar-refractivity contribution >= 4 is 35.6 Å². The lowest BCUT2D eigenvalue weighted by molar-refractivity contribution is 0.153. The molecule has 1 fully saturated rings. The second-order valence-corrected chi connectivity index (χ2v) is 6.95. The highest BCUT2D eigenvalue weighted by atomic mass is 127. The highest BCUT2D eigenvalue weighted by Crippen LogP contribution is 2.30. The number of halogens is 1. The van der Waals surface area contributed by atoms with E-state index < -0.39 is 0 Å². The first kappa shape index (κ1) is 22.8. The maximum Gasteiger partial charge on any atom is 0.191 e. The number of benzene rings is 1. The first-order valence-corrected chi connectivity index (χ1v) is 9.98. The SMILES string of the molecule is CCNC(=NCCC1=CCOCC1)NC1CCN(c2ccccc2OC)C1.I.